The Kier molecular flexibility index (Phi) is 4.97. The molecule has 0 atom stereocenters. The molecule has 0 aliphatic rings. The average molecular weight is 319 g/mol. The minimum atomic E-state index is 0.849. The van der Waals surface area contributed by atoms with Crippen molar-refractivity contribution in [3.63, 3.8) is 0 Å². The fourth-order valence-electron chi connectivity index (χ4n) is 2.18. The third-order valence-corrected chi connectivity index (χ3v) is 3.76. The van der Waals surface area contributed by atoms with Crippen LogP contribution in [0.3, 0.4) is 0 Å². The number of aryl methyl sites for hydroxylation is 1. The molecule has 19 heavy (non-hydrogen) atoms. The largest absolute Gasteiger partial charge is 0.366 e. The highest BCUT2D eigenvalue weighted by Gasteiger charge is 2.09. The lowest BCUT2D eigenvalue weighted by Crippen LogP contribution is -2.23. The van der Waals surface area contributed by atoms with E-state index in [1.54, 1.807) is 0 Å². The second kappa shape index (κ2) is 6.71. The van der Waals surface area contributed by atoms with Crippen LogP contribution in [0, 0.1) is 6.92 Å². The van der Waals surface area contributed by atoms with Gasteiger partial charge >= 0.3 is 0 Å². The Morgan fingerprint density at radius 2 is 1.89 bits per heavy atom. The van der Waals surface area contributed by atoms with E-state index < -0.39 is 0 Å². The number of hydrogen-bond donors (Lipinski definition) is 0. The summed E-state index contributed by atoms with van der Waals surface area (Å²) < 4.78 is 0. The van der Waals surface area contributed by atoms with Gasteiger partial charge < -0.3 is 4.90 Å². The van der Waals surface area contributed by atoms with Crippen LogP contribution in [0.4, 0.5) is 5.69 Å². The maximum Gasteiger partial charge on any atom is 0.0602 e. The molecule has 0 radical (unpaired) electrons. The van der Waals surface area contributed by atoms with E-state index in [-0.39, 0.29) is 0 Å². The number of aromatic nitrogens is 1. The summed E-state index contributed by atoms with van der Waals surface area (Å²) in [6.45, 7) is 6.04. The molecule has 0 amide bonds. The number of rotatable bonds is 5. The molecule has 0 fully saturated rings. The number of pyridine rings is 1. The lowest BCUT2D eigenvalue weighted by molar-refractivity contribution is 0.802. The van der Waals surface area contributed by atoms with Crippen molar-refractivity contribution < 1.29 is 0 Å². The van der Waals surface area contributed by atoms with Gasteiger partial charge in [0.05, 0.1) is 12.2 Å². The van der Waals surface area contributed by atoms with Gasteiger partial charge in [-0.2, -0.15) is 0 Å². The van der Waals surface area contributed by atoms with Crippen LogP contribution in [0.15, 0.2) is 42.5 Å². The summed E-state index contributed by atoms with van der Waals surface area (Å²) >= 11 is 3.56. The number of para-hydroxylation sites is 1. The van der Waals surface area contributed by atoms with E-state index in [9.17, 15) is 0 Å². The molecule has 2 aromatic rings. The van der Waals surface area contributed by atoms with E-state index in [1.165, 1.54) is 11.3 Å². The first-order valence-electron chi connectivity index (χ1n) is 6.56. The molecule has 1 aromatic carbocycles. The van der Waals surface area contributed by atoms with Crippen LogP contribution < -0.4 is 4.90 Å². The monoisotopic (exact) mass is 318 g/mol. The summed E-state index contributed by atoms with van der Waals surface area (Å²) in [5.41, 5.74) is 4.79. The molecule has 1 aromatic heterocycles. The zero-order valence-corrected chi connectivity index (χ0v) is 13.0. The van der Waals surface area contributed by atoms with Crippen LogP contribution in [0.25, 0.3) is 0 Å². The molecule has 0 unspecified atom stereocenters. The van der Waals surface area contributed by atoms with E-state index in [0.717, 1.165) is 29.8 Å². The van der Waals surface area contributed by atoms with E-state index in [0.29, 0.717) is 0 Å². The molecule has 0 N–H and O–H groups in total. The summed E-state index contributed by atoms with van der Waals surface area (Å²) in [6, 6.07) is 14.7. The van der Waals surface area contributed by atoms with E-state index >= 15 is 0 Å². The maximum atomic E-state index is 4.59. The second-order valence-corrected chi connectivity index (χ2v) is 5.11. The number of anilines is 1. The highest BCUT2D eigenvalue weighted by atomic mass is 79.9. The molecule has 2 nitrogen and oxygen atoms in total. The van der Waals surface area contributed by atoms with Crippen LogP contribution in [0.5, 0.6) is 0 Å². The first-order valence-corrected chi connectivity index (χ1v) is 7.68. The quantitative estimate of drug-likeness (QED) is 0.763. The van der Waals surface area contributed by atoms with Gasteiger partial charge in [0, 0.05) is 23.3 Å². The lowest BCUT2D eigenvalue weighted by Gasteiger charge is -2.25. The van der Waals surface area contributed by atoms with Crippen molar-refractivity contribution >= 4 is 21.6 Å². The molecule has 3 heteroatoms. The molecule has 0 aliphatic heterocycles. The highest BCUT2D eigenvalue weighted by Crippen LogP contribution is 2.23. The third-order valence-electron chi connectivity index (χ3n) is 3.16. The summed E-state index contributed by atoms with van der Waals surface area (Å²) in [7, 11) is 0. The van der Waals surface area contributed by atoms with Gasteiger partial charge in [0.25, 0.3) is 0 Å². The minimum Gasteiger partial charge on any atom is -0.366 e. The summed E-state index contributed by atoms with van der Waals surface area (Å²) in [5, 5.41) is 0.876. The van der Waals surface area contributed by atoms with Crippen molar-refractivity contribution in [3.8, 4) is 0 Å². The van der Waals surface area contributed by atoms with Crippen molar-refractivity contribution in [3.05, 3.63) is 59.4 Å². The fraction of sp³-hybridized carbons (Fsp3) is 0.312. The molecule has 100 valence electrons. The van der Waals surface area contributed by atoms with Gasteiger partial charge in [-0.3, -0.25) is 4.98 Å². The van der Waals surface area contributed by atoms with Crippen LogP contribution in [-0.2, 0) is 11.9 Å². The van der Waals surface area contributed by atoms with Crippen molar-refractivity contribution in [2.24, 2.45) is 0 Å². The Morgan fingerprint density at radius 3 is 2.58 bits per heavy atom. The smallest absolute Gasteiger partial charge is 0.0602 e. The Bertz CT molecular complexity index is 540. The SMILES string of the molecule is CCN(Cc1cccc(C)n1)c1ccccc1CBr. The minimum absolute atomic E-state index is 0.849. The topological polar surface area (TPSA) is 16.1 Å². The van der Waals surface area contributed by atoms with Crippen LogP contribution >= 0.6 is 15.9 Å². The van der Waals surface area contributed by atoms with Crippen LogP contribution in [-0.4, -0.2) is 11.5 Å². The molecular formula is C16H19BrN2. The van der Waals surface area contributed by atoms with Crippen molar-refractivity contribution in [2.75, 3.05) is 11.4 Å². The van der Waals surface area contributed by atoms with Crippen molar-refractivity contribution in [1.82, 2.24) is 4.98 Å². The Hall–Kier alpha value is -1.35. The lowest BCUT2D eigenvalue weighted by atomic mass is 10.1. The number of benzene rings is 1. The first kappa shape index (κ1) is 14.1. The zero-order chi connectivity index (χ0) is 13.7. The first-order chi connectivity index (χ1) is 9.24. The highest BCUT2D eigenvalue weighted by molar-refractivity contribution is 9.08. The Labute approximate surface area is 123 Å². The van der Waals surface area contributed by atoms with Gasteiger partial charge in [-0.1, -0.05) is 40.2 Å². The standard InChI is InChI=1S/C16H19BrN2/c1-3-19(12-15-9-6-7-13(2)18-15)16-10-5-4-8-14(16)11-17/h4-10H,3,11-12H2,1-2H3. The molecule has 0 saturated heterocycles. The molecule has 2 rings (SSSR count). The van der Waals surface area contributed by atoms with Crippen LogP contribution in [0.1, 0.15) is 23.9 Å². The molecule has 0 saturated carbocycles. The number of alkyl halides is 1. The summed E-state index contributed by atoms with van der Waals surface area (Å²) in [4.78, 5) is 6.95. The van der Waals surface area contributed by atoms with Gasteiger partial charge in [0.1, 0.15) is 0 Å². The van der Waals surface area contributed by atoms with Crippen molar-refractivity contribution in [2.45, 2.75) is 25.7 Å². The molecule has 0 bridgehead atoms. The molecule has 0 aliphatic carbocycles. The Balaban J connectivity index is 2.25. The van der Waals surface area contributed by atoms with Crippen LogP contribution in [0.2, 0.25) is 0 Å². The summed E-state index contributed by atoms with van der Waals surface area (Å²) in [5.74, 6) is 0. The zero-order valence-electron chi connectivity index (χ0n) is 11.4. The van der Waals surface area contributed by atoms with Gasteiger partial charge in [-0.25, -0.2) is 0 Å². The van der Waals surface area contributed by atoms with E-state index in [4.69, 9.17) is 0 Å². The van der Waals surface area contributed by atoms with E-state index in [2.05, 4.69) is 69.1 Å². The second-order valence-electron chi connectivity index (χ2n) is 4.55. The molecular weight excluding hydrogens is 300 g/mol. The third kappa shape index (κ3) is 3.57. The van der Waals surface area contributed by atoms with Crippen molar-refractivity contribution in [1.29, 1.82) is 0 Å². The predicted octanol–water partition coefficient (Wildman–Crippen LogP) is 4.31. The van der Waals surface area contributed by atoms with E-state index in [1.807, 2.05) is 13.0 Å². The summed E-state index contributed by atoms with van der Waals surface area (Å²) in [6.07, 6.45) is 0. The fourth-order valence-corrected chi connectivity index (χ4v) is 2.66. The van der Waals surface area contributed by atoms with Gasteiger partial charge in [-0.15, -0.1) is 0 Å². The number of hydrogen-bond acceptors (Lipinski definition) is 2. The number of halogens is 1. The Morgan fingerprint density at radius 1 is 1.11 bits per heavy atom. The maximum absolute atomic E-state index is 4.59. The predicted molar refractivity (Wildman–Crippen MR) is 84.8 cm³/mol. The normalized spacial score (nSPS) is 10.5. The number of nitrogens with zero attached hydrogens (tertiary/aromatic N) is 2. The average Bonchev–Trinajstić information content (AvgIpc) is 2.45. The molecule has 0 spiro atoms. The van der Waals surface area contributed by atoms with Gasteiger partial charge in [0.2, 0.25) is 0 Å². The van der Waals surface area contributed by atoms with Gasteiger partial charge in [-0.05, 0) is 37.6 Å². The van der Waals surface area contributed by atoms with Gasteiger partial charge in [0.15, 0.2) is 0 Å². The molecule has 1 heterocycles.